The second-order valence-electron chi connectivity index (χ2n) is 3.64. The summed E-state index contributed by atoms with van der Waals surface area (Å²) >= 11 is 5.84. The number of nitrogens with one attached hydrogen (secondary N) is 1. The molecule has 1 N–H and O–H groups in total. The maximum Gasteiger partial charge on any atom is 0.207 e. The molecule has 5 heteroatoms. The molecule has 0 fully saturated rings. The van der Waals surface area contributed by atoms with E-state index in [1.54, 1.807) is 0 Å². The molecule has 90 valence electrons. The predicted octanol–water partition coefficient (Wildman–Crippen LogP) is 4.06. The number of aromatic nitrogens is 2. The van der Waals surface area contributed by atoms with Crippen molar-refractivity contribution in [1.29, 1.82) is 0 Å². The van der Waals surface area contributed by atoms with Crippen LogP contribution in [0.2, 0.25) is 0 Å². The van der Waals surface area contributed by atoms with Gasteiger partial charge in [-0.3, -0.25) is 4.57 Å². The third kappa shape index (κ3) is 3.01. The highest BCUT2D eigenvalue weighted by atomic mass is 127. The molecule has 2 rings (SSSR count). The summed E-state index contributed by atoms with van der Waals surface area (Å²) in [6.45, 7) is 3.07. The van der Waals surface area contributed by atoms with Crippen molar-refractivity contribution in [3.8, 4) is 5.69 Å². The summed E-state index contributed by atoms with van der Waals surface area (Å²) < 4.78 is 4.34. The Kier molecular flexibility index (Phi) is 4.44. The van der Waals surface area contributed by atoms with Gasteiger partial charge in [0.25, 0.3) is 0 Å². The molecule has 0 unspecified atom stereocenters. The number of nitrogens with zero attached hydrogens (tertiary/aromatic N) is 2. The van der Waals surface area contributed by atoms with E-state index >= 15 is 0 Å². The third-order valence-electron chi connectivity index (χ3n) is 2.34. The molecule has 1 heterocycles. The first-order valence-electron chi connectivity index (χ1n) is 5.45. The molecule has 3 nitrogen and oxygen atoms in total. The standard InChI is InChI=1S/C12H13BrIN3/c1-2-5-15-12-16-6-7-17(12)11-8-9(13)3-4-10(11)14/h3-4,6-8H,2,5H2,1H3,(H,15,16). The van der Waals surface area contributed by atoms with Crippen molar-refractivity contribution in [2.24, 2.45) is 0 Å². The molecule has 1 aromatic carbocycles. The van der Waals surface area contributed by atoms with Crippen LogP contribution < -0.4 is 5.32 Å². The molecule has 0 spiro atoms. The maximum absolute atomic E-state index is 4.33. The number of hydrogen-bond donors (Lipinski definition) is 1. The van der Waals surface area contributed by atoms with Gasteiger partial charge < -0.3 is 5.32 Å². The van der Waals surface area contributed by atoms with Crippen LogP contribution in [-0.2, 0) is 0 Å². The fourth-order valence-electron chi connectivity index (χ4n) is 1.54. The molecule has 0 radical (unpaired) electrons. The zero-order chi connectivity index (χ0) is 12.3. The van der Waals surface area contributed by atoms with E-state index in [0.29, 0.717) is 0 Å². The lowest BCUT2D eigenvalue weighted by Gasteiger charge is -2.11. The van der Waals surface area contributed by atoms with Gasteiger partial charge in [0.15, 0.2) is 0 Å². The normalized spacial score (nSPS) is 10.5. The highest BCUT2D eigenvalue weighted by Gasteiger charge is 2.07. The van der Waals surface area contributed by atoms with E-state index in [-0.39, 0.29) is 0 Å². The van der Waals surface area contributed by atoms with Crippen LogP contribution in [0.15, 0.2) is 35.1 Å². The van der Waals surface area contributed by atoms with Crippen LogP contribution in [0.3, 0.4) is 0 Å². The first-order valence-corrected chi connectivity index (χ1v) is 7.32. The van der Waals surface area contributed by atoms with Crippen molar-refractivity contribution >= 4 is 44.5 Å². The van der Waals surface area contributed by atoms with E-state index < -0.39 is 0 Å². The molecule has 17 heavy (non-hydrogen) atoms. The fraction of sp³-hybridized carbons (Fsp3) is 0.250. The minimum absolute atomic E-state index is 0.892. The van der Waals surface area contributed by atoms with Crippen molar-refractivity contribution in [1.82, 2.24) is 9.55 Å². The van der Waals surface area contributed by atoms with Crippen molar-refractivity contribution in [3.05, 3.63) is 38.6 Å². The van der Waals surface area contributed by atoms with Gasteiger partial charge in [0.1, 0.15) is 0 Å². The highest BCUT2D eigenvalue weighted by molar-refractivity contribution is 14.1. The van der Waals surface area contributed by atoms with Crippen LogP contribution >= 0.6 is 38.5 Å². The van der Waals surface area contributed by atoms with Crippen LogP contribution in [0.1, 0.15) is 13.3 Å². The SMILES string of the molecule is CCCNc1nccn1-c1cc(Br)ccc1I. The van der Waals surface area contributed by atoms with Gasteiger partial charge in [0, 0.05) is 27.0 Å². The number of imidazole rings is 1. The van der Waals surface area contributed by atoms with E-state index in [0.717, 1.165) is 29.1 Å². The average Bonchev–Trinajstić information content (AvgIpc) is 2.77. The summed E-state index contributed by atoms with van der Waals surface area (Å²) in [7, 11) is 0. The Morgan fingerprint density at radius 3 is 3.06 bits per heavy atom. The molecule has 1 aromatic heterocycles. The van der Waals surface area contributed by atoms with E-state index in [9.17, 15) is 0 Å². The van der Waals surface area contributed by atoms with E-state index in [1.807, 2.05) is 18.5 Å². The van der Waals surface area contributed by atoms with Crippen LogP contribution in [0.5, 0.6) is 0 Å². The molecular formula is C12H13BrIN3. The summed E-state index contributed by atoms with van der Waals surface area (Å²) in [6.07, 6.45) is 4.87. The van der Waals surface area contributed by atoms with Crippen LogP contribution in [0.4, 0.5) is 5.95 Å². The van der Waals surface area contributed by atoms with Gasteiger partial charge in [-0.05, 0) is 47.2 Å². The summed E-state index contributed by atoms with van der Waals surface area (Å²) in [4.78, 5) is 4.33. The zero-order valence-corrected chi connectivity index (χ0v) is 13.2. The molecule has 0 aliphatic heterocycles. The van der Waals surface area contributed by atoms with Gasteiger partial charge >= 0.3 is 0 Å². The first-order chi connectivity index (χ1) is 8.22. The average molecular weight is 406 g/mol. The smallest absolute Gasteiger partial charge is 0.207 e. The second kappa shape index (κ2) is 5.86. The third-order valence-corrected chi connectivity index (χ3v) is 3.75. The molecule has 2 aromatic rings. The zero-order valence-electron chi connectivity index (χ0n) is 9.45. The fourth-order valence-corrected chi connectivity index (χ4v) is 2.48. The van der Waals surface area contributed by atoms with Crippen LogP contribution in [0.25, 0.3) is 5.69 Å². The lowest BCUT2D eigenvalue weighted by atomic mass is 10.3. The highest BCUT2D eigenvalue weighted by Crippen LogP contribution is 2.24. The Hall–Kier alpha value is -0.560. The summed E-state index contributed by atoms with van der Waals surface area (Å²) in [5.41, 5.74) is 1.14. The predicted molar refractivity (Wildman–Crippen MR) is 82.8 cm³/mol. The molecule has 0 amide bonds. The number of anilines is 1. The largest absolute Gasteiger partial charge is 0.355 e. The van der Waals surface area contributed by atoms with Crippen molar-refractivity contribution in [3.63, 3.8) is 0 Å². The second-order valence-corrected chi connectivity index (χ2v) is 5.72. The molecular weight excluding hydrogens is 393 g/mol. The van der Waals surface area contributed by atoms with E-state index in [2.05, 4.69) is 72.4 Å². The van der Waals surface area contributed by atoms with Crippen molar-refractivity contribution in [2.45, 2.75) is 13.3 Å². The summed E-state index contributed by atoms with van der Waals surface area (Å²) in [5, 5.41) is 3.32. The first kappa shape index (κ1) is 12.9. The quantitative estimate of drug-likeness (QED) is 0.777. The Morgan fingerprint density at radius 1 is 1.47 bits per heavy atom. The van der Waals surface area contributed by atoms with Gasteiger partial charge in [0.05, 0.1) is 5.69 Å². The van der Waals surface area contributed by atoms with Gasteiger partial charge in [-0.1, -0.05) is 22.9 Å². The number of rotatable bonds is 4. The van der Waals surface area contributed by atoms with Gasteiger partial charge in [-0.2, -0.15) is 0 Å². The lowest BCUT2D eigenvalue weighted by Crippen LogP contribution is -2.07. The molecule has 0 aliphatic carbocycles. The Morgan fingerprint density at radius 2 is 2.29 bits per heavy atom. The minimum atomic E-state index is 0.892. The Balaban J connectivity index is 2.38. The van der Waals surface area contributed by atoms with Crippen molar-refractivity contribution < 1.29 is 0 Å². The van der Waals surface area contributed by atoms with Gasteiger partial charge in [0.2, 0.25) is 5.95 Å². The monoisotopic (exact) mass is 405 g/mol. The van der Waals surface area contributed by atoms with E-state index in [4.69, 9.17) is 0 Å². The number of halogens is 2. The van der Waals surface area contributed by atoms with Crippen LogP contribution in [0, 0.1) is 3.57 Å². The summed E-state index contributed by atoms with van der Waals surface area (Å²) in [6, 6.07) is 6.23. The lowest BCUT2D eigenvalue weighted by molar-refractivity contribution is 0.935. The molecule has 0 bridgehead atoms. The van der Waals surface area contributed by atoms with E-state index in [1.165, 1.54) is 3.57 Å². The topological polar surface area (TPSA) is 29.9 Å². The van der Waals surface area contributed by atoms with Gasteiger partial charge in [-0.15, -0.1) is 0 Å². The van der Waals surface area contributed by atoms with Crippen molar-refractivity contribution in [2.75, 3.05) is 11.9 Å². The summed E-state index contributed by atoms with van der Waals surface area (Å²) in [5.74, 6) is 0.892. The molecule has 0 aliphatic rings. The Bertz CT molecular complexity index is 510. The van der Waals surface area contributed by atoms with Gasteiger partial charge in [-0.25, -0.2) is 4.98 Å². The van der Waals surface area contributed by atoms with Crippen LogP contribution in [-0.4, -0.2) is 16.1 Å². The molecule has 0 saturated carbocycles. The Labute approximate surface area is 123 Å². The molecule has 0 atom stereocenters. The number of hydrogen-bond acceptors (Lipinski definition) is 2. The number of benzene rings is 1. The molecule has 0 saturated heterocycles. The maximum atomic E-state index is 4.33. The minimum Gasteiger partial charge on any atom is -0.355 e.